The van der Waals surface area contributed by atoms with Crippen LogP contribution in [0.4, 0.5) is 5.69 Å². The second kappa shape index (κ2) is 6.24. The Bertz CT molecular complexity index is 837. The highest BCUT2D eigenvalue weighted by Gasteiger charge is 2.17. The Hall–Kier alpha value is -2.62. The number of aromatic nitrogens is 1. The number of ether oxygens (including phenoxy) is 2. The summed E-state index contributed by atoms with van der Waals surface area (Å²) >= 11 is 0. The van der Waals surface area contributed by atoms with E-state index in [1.54, 1.807) is 14.2 Å². The van der Waals surface area contributed by atoms with Crippen molar-refractivity contribution in [3.63, 3.8) is 0 Å². The van der Waals surface area contributed by atoms with E-state index in [2.05, 4.69) is 54.2 Å². The zero-order valence-electron chi connectivity index (χ0n) is 14.0. The SMILES string of the molecule is CCNc1c(-c2ccc(OC)c(OC)c2)n(C)c2ccccc12. The minimum absolute atomic E-state index is 0.734. The first-order chi connectivity index (χ1) is 11.2. The molecule has 0 saturated heterocycles. The number of nitrogens with zero attached hydrogens (tertiary/aromatic N) is 1. The van der Waals surface area contributed by atoms with Crippen LogP contribution in [0.15, 0.2) is 42.5 Å². The third kappa shape index (κ3) is 2.50. The van der Waals surface area contributed by atoms with Crippen molar-refractivity contribution in [2.24, 2.45) is 7.05 Å². The average Bonchev–Trinajstić information content (AvgIpc) is 2.87. The van der Waals surface area contributed by atoms with Crippen molar-refractivity contribution in [3.8, 4) is 22.8 Å². The Morgan fingerprint density at radius 3 is 2.43 bits per heavy atom. The second-order valence-corrected chi connectivity index (χ2v) is 5.40. The molecule has 4 heteroatoms. The van der Waals surface area contributed by atoms with Gasteiger partial charge in [-0.3, -0.25) is 0 Å². The fraction of sp³-hybridized carbons (Fsp3) is 0.263. The zero-order chi connectivity index (χ0) is 16.4. The summed E-state index contributed by atoms with van der Waals surface area (Å²) in [6.45, 7) is 2.98. The number of anilines is 1. The molecule has 0 aliphatic carbocycles. The van der Waals surface area contributed by atoms with Gasteiger partial charge in [0.25, 0.3) is 0 Å². The maximum absolute atomic E-state index is 5.46. The molecular formula is C19H22N2O2. The molecule has 0 aliphatic rings. The quantitative estimate of drug-likeness (QED) is 0.763. The van der Waals surface area contributed by atoms with Crippen LogP contribution in [0, 0.1) is 0 Å². The number of rotatable bonds is 5. The predicted octanol–water partition coefficient (Wildman–Crippen LogP) is 4.29. The van der Waals surface area contributed by atoms with E-state index in [-0.39, 0.29) is 0 Å². The van der Waals surface area contributed by atoms with Gasteiger partial charge in [-0.25, -0.2) is 0 Å². The Labute approximate surface area is 136 Å². The molecule has 0 radical (unpaired) electrons. The van der Waals surface area contributed by atoms with Gasteiger partial charge < -0.3 is 19.4 Å². The van der Waals surface area contributed by atoms with Gasteiger partial charge in [0.1, 0.15) is 0 Å². The lowest BCUT2D eigenvalue weighted by atomic mass is 10.1. The van der Waals surface area contributed by atoms with Crippen LogP contribution in [0.2, 0.25) is 0 Å². The molecule has 1 heterocycles. The number of benzene rings is 2. The molecule has 4 nitrogen and oxygen atoms in total. The topological polar surface area (TPSA) is 35.4 Å². The lowest BCUT2D eigenvalue weighted by Crippen LogP contribution is -2.00. The largest absolute Gasteiger partial charge is 0.493 e. The molecule has 0 unspecified atom stereocenters. The highest BCUT2D eigenvalue weighted by molar-refractivity contribution is 6.02. The van der Waals surface area contributed by atoms with E-state index >= 15 is 0 Å². The van der Waals surface area contributed by atoms with E-state index in [9.17, 15) is 0 Å². The Morgan fingerprint density at radius 2 is 1.74 bits per heavy atom. The summed E-state index contributed by atoms with van der Waals surface area (Å²) in [6.07, 6.45) is 0. The smallest absolute Gasteiger partial charge is 0.161 e. The molecule has 120 valence electrons. The summed E-state index contributed by atoms with van der Waals surface area (Å²) in [7, 11) is 5.40. The van der Waals surface area contributed by atoms with Crippen LogP contribution < -0.4 is 14.8 Å². The molecule has 0 saturated carbocycles. The highest BCUT2D eigenvalue weighted by atomic mass is 16.5. The molecule has 1 aromatic heterocycles. The molecule has 2 aromatic carbocycles. The minimum Gasteiger partial charge on any atom is -0.493 e. The van der Waals surface area contributed by atoms with Gasteiger partial charge in [-0.2, -0.15) is 0 Å². The van der Waals surface area contributed by atoms with Crippen molar-refractivity contribution < 1.29 is 9.47 Å². The van der Waals surface area contributed by atoms with Crippen molar-refractivity contribution in [1.82, 2.24) is 4.57 Å². The van der Waals surface area contributed by atoms with Gasteiger partial charge in [0.15, 0.2) is 11.5 Å². The number of nitrogens with one attached hydrogen (secondary N) is 1. The monoisotopic (exact) mass is 310 g/mol. The predicted molar refractivity (Wildman–Crippen MR) is 95.6 cm³/mol. The van der Waals surface area contributed by atoms with Crippen molar-refractivity contribution in [2.75, 3.05) is 26.1 Å². The summed E-state index contributed by atoms with van der Waals surface area (Å²) in [4.78, 5) is 0. The summed E-state index contributed by atoms with van der Waals surface area (Å²) in [6, 6.07) is 14.5. The molecule has 3 aromatic rings. The van der Waals surface area contributed by atoms with Crippen LogP contribution >= 0.6 is 0 Å². The summed E-state index contributed by atoms with van der Waals surface area (Å²) in [5, 5.41) is 4.74. The van der Waals surface area contributed by atoms with Gasteiger partial charge >= 0.3 is 0 Å². The molecule has 0 fully saturated rings. The first-order valence-corrected chi connectivity index (χ1v) is 7.75. The van der Waals surface area contributed by atoms with Crippen LogP contribution in [0.5, 0.6) is 11.5 Å². The minimum atomic E-state index is 0.734. The van der Waals surface area contributed by atoms with Gasteiger partial charge in [0.05, 0.1) is 31.1 Å². The number of para-hydroxylation sites is 1. The molecule has 0 atom stereocenters. The van der Waals surface area contributed by atoms with Crippen molar-refractivity contribution in [2.45, 2.75) is 6.92 Å². The molecule has 0 amide bonds. The van der Waals surface area contributed by atoms with Gasteiger partial charge in [-0.05, 0) is 31.2 Å². The maximum atomic E-state index is 5.46. The van der Waals surface area contributed by atoms with E-state index in [1.165, 1.54) is 10.9 Å². The third-order valence-corrected chi connectivity index (χ3v) is 4.12. The first kappa shape index (κ1) is 15.3. The number of fused-ring (bicyclic) bond motifs is 1. The van der Waals surface area contributed by atoms with E-state index in [0.717, 1.165) is 35.0 Å². The Morgan fingerprint density at radius 1 is 1.00 bits per heavy atom. The number of hydrogen-bond donors (Lipinski definition) is 1. The fourth-order valence-corrected chi connectivity index (χ4v) is 3.07. The van der Waals surface area contributed by atoms with Crippen LogP contribution in [0.1, 0.15) is 6.92 Å². The van der Waals surface area contributed by atoms with E-state index in [1.807, 2.05) is 12.1 Å². The van der Waals surface area contributed by atoms with Crippen LogP contribution in [0.25, 0.3) is 22.2 Å². The third-order valence-electron chi connectivity index (χ3n) is 4.12. The lowest BCUT2D eigenvalue weighted by molar-refractivity contribution is 0.355. The summed E-state index contributed by atoms with van der Waals surface area (Å²) in [5.74, 6) is 1.47. The maximum Gasteiger partial charge on any atom is 0.161 e. The molecule has 0 spiro atoms. The van der Waals surface area contributed by atoms with Crippen LogP contribution in [0.3, 0.4) is 0 Å². The Balaban J connectivity index is 2.27. The molecule has 1 N–H and O–H groups in total. The van der Waals surface area contributed by atoms with E-state index in [0.29, 0.717) is 0 Å². The normalized spacial score (nSPS) is 10.8. The van der Waals surface area contributed by atoms with Gasteiger partial charge in [0, 0.05) is 24.5 Å². The number of hydrogen-bond acceptors (Lipinski definition) is 3. The highest BCUT2D eigenvalue weighted by Crippen LogP contribution is 2.40. The van der Waals surface area contributed by atoms with Gasteiger partial charge in [-0.15, -0.1) is 0 Å². The molecule has 23 heavy (non-hydrogen) atoms. The van der Waals surface area contributed by atoms with Gasteiger partial charge in [-0.1, -0.05) is 18.2 Å². The molecule has 0 bridgehead atoms. The van der Waals surface area contributed by atoms with E-state index < -0.39 is 0 Å². The fourth-order valence-electron chi connectivity index (χ4n) is 3.07. The van der Waals surface area contributed by atoms with Crippen molar-refractivity contribution in [1.29, 1.82) is 0 Å². The average molecular weight is 310 g/mol. The molecule has 0 aliphatic heterocycles. The number of aryl methyl sites for hydroxylation is 1. The standard InChI is InChI=1S/C19H22N2O2/c1-5-20-18-14-8-6-7-9-15(14)21(2)19(18)13-10-11-16(22-3)17(12-13)23-4/h6-12,20H,5H2,1-4H3. The first-order valence-electron chi connectivity index (χ1n) is 7.75. The van der Waals surface area contributed by atoms with E-state index in [4.69, 9.17) is 9.47 Å². The van der Waals surface area contributed by atoms with Crippen LogP contribution in [-0.4, -0.2) is 25.3 Å². The lowest BCUT2D eigenvalue weighted by Gasteiger charge is -2.13. The van der Waals surface area contributed by atoms with Gasteiger partial charge in [0.2, 0.25) is 0 Å². The molecular weight excluding hydrogens is 288 g/mol. The number of methoxy groups -OCH3 is 2. The van der Waals surface area contributed by atoms with Crippen molar-refractivity contribution >= 4 is 16.6 Å². The summed E-state index contributed by atoms with van der Waals surface area (Å²) < 4.78 is 13.0. The Kier molecular flexibility index (Phi) is 4.15. The second-order valence-electron chi connectivity index (χ2n) is 5.40. The summed E-state index contributed by atoms with van der Waals surface area (Å²) in [5.41, 5.74) is 4.59. The van der Waals surface area contributed by atoms with Crippen molar-refractivity contribution in [3.05, 3.63) is 42.5 Å². The molecule has 3 rings (SSSR count). The zero-order valence-corrected chi connectivity index (χ0v) is 14.0. The van der Waals surface area contributed by atoms with Crippen LogP contribution in [-0.2, 0) is 7.05 Å².